The van der Waals surface area contributed by atoms with Crippen LogP contribution in [0.25, 0.3) is 0 Å². The van der Waals surface area contributed by atoms with Crippen LogP contribution in [0.1, 0.15) is 13.2 Å². The van der Waals surface area contributed by atoms with Crippen molar-refractivity contribution in [2.24, 2.45) is 0 Å². The zero-order valence-corrected chi connectivity index (χ0v) is 19.3. The maximum absolute atomic E-state index is 13.4. The number of benzene rings is 1. The third-order valence-electron chi connectivity index (χ3n) is 4.25. The van der Waals surface area contributed by atoms with Gasteiger partial charge in [0.1, 0.15) is 23.5 Å². The van der Waals surface area contributed by atoms with Crippen LogP contribution in [0.4, 0.5) is 0 Å². The van der Waals surface area contributed by atoms with Gasteiger partial charge >= 0.3 is 19.4 Å². The van der Waals surface area contributed by atoms with E-state index in [1.54, 1.807) is 30.3 Å². The van der Waals surface area contributed by atoms with Gasteiger partial charge in [0, 0.05) is 18.0 Å². The summed E-state index contributed by atoms with van der Waals surface area (Å²) < 4.78 is 36.4. The lowest BCUT2D eigenvalue weighted by Gasteiger charge is -2.23. The minimum absolute atomic E-state index is 0.178. The molecule has 1 saturated heterocycles. The molecule has 176 valence electrons. The van der Waals surface area contributed by atoms with Crippen molar-refractivity contribution in [3.8, 4) is 18.1 Å². The van der Waals surface area contributed by atoms with E-state index in [1.165, 1.54) is 35.5 Å². The monoisotopic (exact) mass is 495 g/mol. The number of esters is 1. The van der Waals surface area contributed by atoms with Gasteiger partial charge < -0.3 is 14.0 Å². The Bertz CT molecular complexity index is 1160. The van der Waals surface area contributed by atoms with Crippen LogP contribution in [0, 0.1) is 12.3 Å². The standard InChI is InChI=1S/C20H22N3O8PS/c1-3-11-28-19(25)14(2)22-32(27,31-15-7-5-4-6-8-15)29-12-18-30-17(13-33-18)23-10-9-16(24)21-20(23)26/h1,4-10,14,17-18H,11-13H2,2H3,(H,22,27)(H,21,24,26)/t14-,17-,18+,32?/m0/s1. The summed E-state index contributed by atoms with van der Waals surface area (Å²) in [6.07, 6.45) is 5.78. The van der Waals surface area contributed by atoms with E-state index in [2.05, 4.69) is 16.0 Å². The molecule has 1 aromatic heterocycles. The van der Waals surface area contributed by atoms with Crippen molar-refractivity contribution in [3.63, 3.8) is 0 Å². The molecule has 4 atom stereocenters. The minimum Gasteiger partial charge on any atom is -0.451 e. The number of carbonyl (C=O) groups is 1. The van der Waals surface area contributed by atoms with E-state index in [-0.39, 0.29) is 19.0 Å². The van der Waals surface area contributed by atoms with Gasteiger partial charge in [0.15, 0.2) is 6.61 Å². The highest BCUT2D eigenvalue weighted by molar-refractivity contribution is 8.00. The highest BCUT2D eigenvalue weighted by Crippen LogP contribution is 2.46. The molecule has 2 heterocycles. The third-order valence-corrected chi connectivity index (χ3v) is 6.99. The molecule has 1 fully saturated rings. The van der Waals surface area contributed by atoms with Gasteiger partial charge in [0.2, 0.25) is 0 Å². The Hall–Kier alpha value is -2.81. The second kappa shape index (κ2) is 11.4. The summed E-state index contributed by atoms with van der Waals surface area (Å²) in [6.45, 7) is 1.03. The number of H-pyrrole nitrogens is 1. The molecule has 0 radical (unpaired) electrons. The molecule has 2 aromatic rings. The first-order valence-corrected chi connectivity index (χ1v) is 12.3. The van der Waals surface area contributed by atoms with E-state index < -0.39 is 42.7 Å². The first-order valence-electron chi connectivity index (χ1n) is 9.75. The number of terminal acetylenes is 1. The molecule has 1 aliphatic heterocycles. The minimum atomic E-state index is -4.06. The predicted octanol–water partition coefficient (Wildman–Crippen LogP) is 1.48. The summed E-state index contributed by atoms with van der Waals surface area (Å²) >= 11 is 1.32. The molecule has 33 heavy (non-hydrogen) atoms. The molecule has 2 N–H and O–H groups in total. The number of nitrogens with zero attached hydrogens (tertiary/aromatic N) is 1. The van der Waals surface area contributed by atoms with Gasteiger partial charge in [0.25, 0.3) is 5.56 Å². The Labute approximate surface area is 193 Å². The maximum Gasteiger partial charge on any atom is 0.459 e. The summed E-state index contributed by atoms with van der Waals surface area (Å²) in [5.41, 5.74) is -1.71. The first kappa shape index (κ1) is 24.8. The molecule has 1 unspecified atom stereocenters. The fraction of sp³-hybridized carbons (Fsp3) is 0.350. The van der Waals surface area contributed by atoms with E-state index in [0.717, 1.165) is 0 Å². The maximum atomic E-state index is 13.4. The summed E-state index contributed by atoms with van der Waals surface area (Å²) in [4.78, 5) is 37.4. The number of hydrogen-bond acceptors (Lipinski definition) is 9. The fourth-order valence-corrected chi connectivity index (χ4v) is 5.31. The van der Waals surface area contributed by atoms with Crippen molar-refractivity contribution in [3.05, 3.63) is 63.4 Å². The van der Waals surface area contributed by atoms with Gasteiger partial charge in [-0.15, -0.1) is 18.2 Å². The van der Waals surface area contributed by atoms with Crippen molar-refractivity contribution in [1.82, 2.24) is 14.6 Å². The van der Waals surface area contributed by atoms with Crippen molar-refractivity contribution in [2.75, 3.05) is 19.0 Å². The SMILES string of the molecule is C#CCOC(=O)[C@H](C)NP(=O)(OC[C@@H]1O[C@H](n2ccc(=O)[nH]c2=O)CS1)Oc1ccccc1. The summed E-state index contributed by atoms with van der Waals surface area (Å²) in [6, 6.07) is 8.47. The summed E-state index contributed by atoms with van der Waals surface area (Å²) in [5, 5.41) is 2.54. The van der Waals surface area contributed by atoms with Gasteiger partial charge in [-0.3, -0.25) is 23.7 Å². The van der Waals surface area contributed by atoms with Gasteiger partial charge in [-0.2, -0.15) is 5.09 Å². The van der Waals surface area contributed by atoms with Crippen LogP contribution in [0.2, 0.25) is 0 Å². The molecular formula is C20H22N3O8PS. The molecule has 0 bridgehead atoms. The zero-order chi connectivity index (χ0) is 23.8. The Morgan fingerprint density at radius 2 is 2.15 bits per heavy atom. The smallest absolute Gasteiger partial charge is 0.451 e. The number of aromatic amines is 1. The second-order valence-electron chi connectivity index (χ2n) is 6.73. The Balaban J connectivity index is 1.66. The molecular weight excluding hydrogens is 473 g/mol. The quantitative estimate of drug-likeness (QED) is 0.283. The molecule has 13 heteroatoms. The molecule has 0 spiro atoms. The van der Waals surface area contributed by atoms with Crippen LogP contribution in [-0.2, 0) is 23.4 Å². The lowest BCUT2D eigenvalue weighted by atomic mass is 10.3. The van der Waals surface area contributed by atoms with Crippen LogP contribution < -0.4 is 20.9 Å². The number of aromatic nitrogens is 2. The number of hydrogen-bond donors (Lipinski definition) is 2. The van der Waals surface area contributed by atoms with Crippen molar-refractivity contribution in [1.29, 1.82) is 0 Å². The van der Waals surface area contributed by atoms with Gasteiger partial charge in [-0.1, -0.05) is 24.1 Å². The van der Waals surface area contributed by atoms with E-state index in [4.69, 9.17) is 24.9 Å². The molecule has 0 saturated carbocycles. The van der Waals surface area contributed by atoms with Gasteiger partial charge in [0.05, 0.1) is 6.61 Å². The summed E-state index contributed by atoms with van der Waals surface area (Å²) in [5.74, 6) is 2.11. The van der Waals surface area contributed by atoms with E-state index in [1.807, 2.05) is 0 Å². The Morgan fingerprint density at radius 1 is 1.39 bits per heavy atom. The average molecular weight is 495 g/mol. The highest BCUT2D eigenvalue weighted by Gasteiger charge is 2.35. The molecule has 1 aliphatic rings. The average Bonchev–Trinajstić information content (AvgIpc) is 3.25. The molecule has 3 rings (SSSR count). The Kier molecular flexibility index (Phi) is 8.55. The molecule has 0 amide bonds. The van der Waals surface area contributed by atoms with Crippen LogP contribution in [0.3, 0.4) is 0 Å². The van der Waals surface area contributed by atoms with Crippen molar-refractivity contribution < 1.29 is 27.9 Å². The number of para-hydroxylation sites is 1. The lowest BCUT2D eigenvalue weighted by molar-refractivity contribution is -0.143. The van der Waals surface area contributed by atoms with Crippen LogP contribution >= 0.6 is 19.5 Å². The summed E-state index contributed by atoms with van der Waals surface area (Å²) in [7, 11) is -4.06. The fourth-order valence-electron chi connectivity index (χ4n) is 2.73. The largest absolute Gasteiger partial charge is 0.459 e. The normalized spacial score (nSPS) is 20.4. The number of ether oxygens (including phenoxy) is 2. The van der Waals surface area contributed by atoms with Crippen molar-refractivity contribution in [2.45, 2.75) is 24.6 Å². The topological polar surface area (TPSA) is 138 Å². The molecule has 1 aromatic carbocycles. The van der Waals surface area contributed by atoms with Crippen LogP contribution in [0.15, 0.2) is 52.2 Å². The highest BCUT2D eigenvalue weighted by atomic mass is 32.2. The van der Waals surface area contributed by atoms with E-state index in [9.17, 15) is 18.9 Å². The van der Waals surface area contributed by atoms with Crippen molar-refractivity contribution >= 4 is 25.5 Å². The van der Waals surface area contributed by atoms with Gasteiger partial charge in [-0.25, -0.2) is 9.36 Å². The van der Waals surface area contributed by atoms with Crippen LogP contribution in [-0.4, -0.2) is 46.0 Å². The lowest BCUT2D eigenvalue weighted by Crippen LogP contribution is -2.35. The molecule has 0 aliphatic carbocycles. The first-order chi connectivity index (χ1) is 15.8. The van der Waals surface area contributed by atoms with Crippen LogP contribution in [0.5, 0.6) is 5.75 Å². The zero-order valence-electron chi connectivity index (χ0n) is 17.5. The second-order valence-corrected chi connectivity index (χ2v) is 9.62. The van der Waals surface area contributed by atoms with Gasteiger partial charge in [-0.05, 0) is 19.1 Å². The third kappa shape index (κ3) is 7.08. The molecule has 11 nitrogen and oxygen atoms in total. The number of rotatable bonds is 10. The number of nitrogens with one attached hydrogen (secondary N) is 2. The number of carbonyl (C=O) groups excluding carboxylic acids is 1. The predicted molar refractivity (Wildman–Crippen MR) is 121 cm³/mol. The number of thioether (sulfide) groups is 1. The van der Waals surface area contributed by atoms with E-state index >= 15 is 0 Å². The van der Waals surface area contributed by atoms with E-state index in [0.29, 0.717) is 5.75 Å². The Morgan fingerprint density at radius 3 is 2.85 bits per heavy atom.